The first-order valence-electron chi connectivity index (χ1n) is 14.3. The van der Waals surface area contributed by atoms with Gasteiger partial charge in [-0.1, -0.05) is 99.8 Å². The molecule has 5 rings (SSSR count). The van der Waals surface area contributed by atoms with Crippen LogP contribution < -0.4 is 9.47 Å². The lowest BCUT2D eigenvalue weighted by molar-refractivity contribution is -0.0893. The number of fused-ring (bicyclic) bond motifs is 1. The summed E-state index contributed by atoms with van der Waals surface area (Å²) in [4.78, 5) is 0. The number of hydrogen-bond acceptors (Lipinski definition) is 3. The molecule has 2 atom stereocenters. The van der Waals surface area contributed by atoms with Crippen molar-refractivity contribution in [3.05, 3.63) is 108 Å². The molecule has 0 aromatic heterocycles. The molecule has 38 heavy (non-hydrogen) atoms. The number of ether oxygens (including phenoxy) is 3. The largest absolute Gasteiger partial charge is 0.491 e. The molecule has 1 aliphatic carbocycles. The van der Waals surface area contributed by atoms with E-state index in [2.05, 4.69) is 92.7 Å². The first-order valence-corrected chi connectivity index (χ1v) is 14.3. The Labute approximate surface area is 227 Å². The Hall–Kier alpha value is -3.30. The molecule has 1 saturated carbocycles. The normalized spacial score (nSPS) is 15.7. The van der Waals surface area contributed by atoms with Crippen molar-refractivity contribution in [2.45, 2.75) is 70.5 Å². The number of hydrogen-bond donors (Lipinski definition) is 0. The fourth-order valence-electron chi connectivity index (χ4n) is 5.46. The maximum atomic E-state index is 6.43. The fraction of sp³-hybridized carbons (Fsp3) is 0.371. The van der Waals surface area contributed by atoms with Crippen molar-refractivity contribution in [3.8, 4) is 11.5 Å². The van der Waals surface area contributed by atoms with Gasteiger partial charge < -0.3 is 14.2 Å². The van der Waals surface area contributed by atoms with E-state index < -0.39 is 6.29 Å². The number of benzene rings is 4. The van der Waals surface area contributed by atoms with Crippen molar-refractivity contribution < 1.29 is 14.2 Å². The Balaban J connectivity index is 1.25. The maximum Gasteiger partial charge on any atom is 0.227 e. The minimum atomic E-state index is -0.534. The lowest BCUT2D eigenvalue weighted by Gasteiger charge is -2.23. The van der Waals surface area contributed by atoms with E-state index in [0.717, 1.165) is 28.9 Å². The lowest BCUT2D eigenvalue weighted by atomic mass is 9.84. The predicted molar refractivity (Wildman–Crippen MR) is 156 cm³/mol. The summed E-state index contributed by atoms with van der Waals surface area (Å²) < 4.78 is 18.8. The molecule has 4 aromatic carbocycles. The van der Waals surface area contributed by atoms with Gasteiger partial charge in [0.25, 0.3) is 0 Å². The topological polar surface area (TPSA) is 27.7 Å². The van der Waals surface area contributed by atoms with Crippen LogP contribution in [0, 0.1) is 0 Å². The van der Waals surface area contributed by atoms with Crippen molar-refractivity contribution in [1.29, 1.82) is 0 Å². The Morgan fingerprint density at radius 3 is 2.21 bits per heavy atom. The van der Waals surface area contributed by atoms with Crippen molar-refractivity contribution in [2.24, 2.45) is 0 Å². The van der Waals surface area contributed by atoms with Crippen LogP contribution in [0.5, 0.6) is 11.5 Å². The molecule has 1 fully saturated rings. The maximum absolute atomic E-state index is 6.43. The quantitative estimate of drug-likeness (QED) is 0.149. The average Bonchev–Trinajstić information content (AvgIpc) is 2.99. The van der Waals surface area contributed by atoms with Gasteiger partial charge in [0.2, 0.25) is 6.29 Å². The summed E-state index contributed by atoms with van der Waals surface area (Å²) in [6.45, 7) is 5.34. The summed E-state index contributed by atoms with van der Waals surface area (Å²) >= 11 is 0. The van der Waals surface area contributed by atoms with Crippen LogP contribution in [0.4, 0.5) is 0 Å². The third kappa shape index (κ3) is 6.57. The summed E-state index contributed by atoms with van der Waals surface area (Å²) in [6, 6.07) is 31.7. The minimum Gasteiger partial charge on any atom is -0.491 e. The molecule has 0 amide bonds. The summed E-state index contributed by atoms with van der Waals surface area (Å²) in [7, 11) is 0. The predicted octanol–water partition coefficient (Wildman–Crippen LogP) is 9.57. The Morgan fingerprint density at radius 2 is 1.45 bits per heavy atom. The van der Waals surface area contributed by atoms with Gasteiger partial charge in [-0.3, -0.25) is 0 Å². The Kier molecular flexibility index (Phi) is 8.98. The molecule has 1 aliphatic rings. The van der Waals surface area contributed by atoms with Gasteiger partial charge in [-0.25, -0.2) is 0 Å². The first kappa shape index (κ1) is 26.3. The van der Waals surface area contributed by atoms with Crippen LogP contribution in [0.3, 0.4) is 0 Å². The molecule has 0 saturated heterocycles. The van der Waals surface area contributed by atoms with E-state index in [0.29, 0.717) is 25.0 Å². The van der Waals surface area contributed by atoms with E-state index >= 15 is 0 Å². The molecule has 0 aliphatic heterocycles. The van der Waals surface area contributed by atoms with E-state index in [-0.39, 0.29) is 0 Å². The molecule has 0 heterocycles. The van der Waals surface area contributed by atoms with Crippen molar-refractivity contribution in [2.75, 3.05) is 13.2 Å². The SMILES string of the molecule is CCC(C)c1ccc(OC(OCCOc2ccc(C3CCCCC3)cc2)c2cccc3ccccc23)cc1. The van der Waals surface area contributed by atoms with Gasteiger partial charge in [0.1, 0.15) is 18.1 Å². The third-order valence-electron chi connectivity index (χ3n) is 7.96. The molecule has 3 heteroatoms. The van der Waals surface area contributed by atoms with Crippen molar-refractivity contribution in [3.63, 3.8) is 0 Å². The lowest BCUT2D eigenvalue weighted by Crippen LogP contribution is -2.16. The highest BCUT2D eigenvalue weighted by molar-refractivity contribution is 5.85. The van der Waals surface area contributed by atoms with E-state index in [1.807, 2.05) is 12.1 Å². The summed E-state index contributed by atoms with van der Waals surface area (Å²) in [5.74, 6) is 2.92. The Morgan fingerprint density at radius 1 is 0.737 bits per heavy atom. The van der Waals surface area contributed by atoms with Crippen LogP contribution in [-0.4, -0.2) is 13.2 Å². The van der Waals surface area contributed by atoms with Crippen LogP contribution >= 0.6 is 0 Å². The molecule has 198 valence electrons. The van der Waals surface area contributed by atoms with E-state index in [1.165, 1.54) is 48.6 Å². The van der Waals surface area contributed by atoms with Gasteiger partial charge in [0.15, 0.2) is 0 Å². The molecular weight excluding hydrogens is 468 g/mol. The van der Waals surface area contributed by atoms with E-state index in [1.54, 1.807) is 0 Å². The highest BCUT2D eigenvalue weighted by atomic mass is 16.7. The monoisotopic (exact) mass is 508 g/mol. The molecular formula is C35H40O3. The molecule has 0 radical (unpaired) electrons. The molecule has 0 spiro atoms. The summed E-state index contributed by atoms with van der Waals surface area (Å²) in [5.41, 5.74) is 3.79. The minimum absolute atomic E-state index is 0.420. The average molecular weight is 509 g/mol. The zero-order chi connectivity index (χ0) is 26.2. The van der Waals surface area contributed by atoms with Crippen LogP contribution in [0.25, 0.3) is 10.8 Å². The number of rotatable bonds is 11. The van der Waals surface area contributed by atoms with Gasteiger partial charge in [-0.15, -0.1) is 0 Å². The first-order chi connectivity index (χ1) is 18.7. The Bertz CT molecular complexity index is 1270. The van der Waals surface area contributed by atoms with Crippen LogP contribution in [0.1, 0.15) is 87.2 Å². The smallest absolute Gasteiger partial charge is 0.227 e. The molecule has 2 unspecified atom stereocenters. The highest BCUT2D eigenvalue weighted by Gasteiger charge is 2.18. The molecule has 4 aromatic rings. The van der Waals surface area contributed by atoms with E-state index in [4.69, 9.17) is 14.2 Å². The highest BCUT2D eigenvalue weighted by Crippen LogP contribution is 2.34. The fourth-order valence-corrected chi connectivity index (χ4v) is 5.46. The second-order valence-corrected chi connectivity index (χ2v) is 10.5. The van der Waals surface area contributed by atoms with Gasteiger partial charge in [0, 0.05) is 5.56 Å². The van der Waals surface area contributed by atoms with Gasteiger partial charge in [-0.2, -0.15) is 0 Å². The zero-order valence-electron chi connectivity index (χ0n) is 22.8. The molecule has 0 bridgehead atoms. The molecule has 0 N–H and O–H groups in total. The van der Waals surface area contributed by atoms with Crippen LogP contribution in [0.15, 0.2) is 91.0 Å². The van der Waals surface area contributed by atoms with Crippen molar-refractivity contribution >= 4 is 10.8 Å². The van der Waals surface area contributed by atoms with Gasteiger partial charge in [-0.05, 0) is 77.3 Å². The third-order valence-corrected chi connectivity index (χ3v) is 7.96. The summed E-state index contributed by atoms with van der Waals surface area (Å²) in [6.07, 6.45) is 7.28. The van der Waals surface area contributed by atoms with Crippen molar-refractivity contribution in [1.82, 2.24) is 0 Å². The second kappa shape index (κ2) is 13.0. The standard InChI is InChI=1S/C35H40O3/c1-3-26(2)27-16-22-32(23-17-27)38-35(34-15-9-13-30-12-7-8-14-33(30)34)37-25-24-36-31-20-18-29(19-21-31)28-10-5-4-6-11-28/h7-9,12-23,26,28,35H,3-6,10-11,24-25H2,1-2H3. The molecule has 3 nitrogen and oxygen atoms in total. The van der Waals surface area contributed by atoms with Crippen LogP contribution in [-0.2, 0) is 4.74 Å². The van der Waals surface area contributed by atoms with Gasteiger partial charge in [0.05, 0.1) is 6.61 Å². The van der Waals surface area contributed by atoms with Gasteiger partial charge >= 0.3 is 0 Å². The summed E-state index contributed by atoms with van der Waals surface area (Å²) in [5, 5.41) is 2.30. The van der Waals surface area contributed by atoms with E-state index in [9.17, 15) is 0 Å². The zero-order valence-corrected chi connectivity index (χ0v) is 22.8. The second-order valence-electron chi connectivity index (χ2n) is 10.5. The van der Waals surface area contributed by atoms with Crippen LogP contribution in [0.2, 0.25) is 0 Å².